The van der Waals surface area contributed by atoms with Crippen molar-refractivity contribution in [3.05, 3.63) is 0 Å². The van der Waals surface area contributed by atoms with Crippen LogP contribution in [0.15, 0.2) is 0 Å². The van der Waals surface area contributed by atoms with E-state index in [1.54, 1.807) is 0 Å². The molecule has 0 amide bonds. The van der Waals surface area contributed by atoms with E-state index < -0.39 is 0 Å². The fourth-order valence-electron chi connectivity index (χ4n) is 0.344. The van der Waals surface area contributed by atoms with E-state index in [0.717, 1.165) is 19.1 Å². The number of hydrogen-bond donors (Lipinski definition) is 0. The summed E-state index contributed by atoms with van der Waals surface area (Å²) in [4.78, 5) is 9.76. The second-order valence-electron chi connectivity index (χ2n) is 1.44. The monoisotopic (exact) mass is 160 g/mol. The predicted molar refractivity (Wildman–Crippen MR) is 31.7 cm³/mol. The molecule has 0 spiro atoms. The molecule has 0 fully saturated rings. The molecule has 0 aromatic rings. The van der Waals surface area contributed by atoms with Gasteiger partial charge in [-0.3, -0.25) is 0 Å². The van der Waals surface area contributed by atoms with E-state index in [-0.39, 0.29) is 58.2 Å². The topological polar surface area (TPSA) is 17.1 Å². The van der Waals surface area contributed by atoms with Gasteiger partial charge in [-0.1, -0.05) is 13.3 Å². The van der Waals surface area contributed by atoms with Crippen molar-refractivity contribution in [1.82, 2.24) is 0 Å². The van der Waals surface area contributed by atoms with E-state index in [1.165, 1.54) is 0 Å². The molecule has 0 aromatic carbocycles. The Bertz CT molecular complexity index is 62.9. The van der Waals surface area contributed by atoms with Crippen LogP contribution in [0.5, 0.6) is 0 Å². The minimum absolute atomic E-state index is 0. The van der Waals surface area contributed by atoms with E-state index in [0.29, 0.717) is 0 Å². The Morgan fingerprint density at radius 2 is 2.38 bits per heavy atom. The molecule has 0 bridgehead atoms. The van der Waals surface area contributed by atoms with Gasteiger partial charge in [0.05, 0.1) is 5.38 Å². The average Bonchev–Trinajstić information content (AvgIpc) is 1.68. The molecule has 0 aliphatic rings. The summed E-state index contributed by atoms with van der Waals surface area (Å²) in [7, 11) is 0. The minimum Gasteiger partial charge on any atom is -1.00 e. The molecule has 0 radical (unpaired) electrons. The van der Waals surface area contributed by atoms with Gasteiger partial charge in [-0.15, -0.1) is 11.6 Å². The summed E-state index contributed by atoms with van der Waals surface area (Å²) in [6.07, 6.45) is 2.54. The summed E-state index contributed by atoms with van der Waals surface area (Å²) in [6, 6.07) is 0. The number of carbonyl (C=O) groups is 1. The molecule has 0 aliphatic heterocycles. The maximum atomic E-state index is 9.76. The van der Waals surface area contributed by atoms with E-state index >= 15 is 0 Å². The number of hydrogen-bond acceptors (Lipinski definition) is 1. The van der Waals surface area contributed by atoms with Gasteiger partial charge in [0, 0.05) is 0 Å². The van der Waals surface area contributed by atoms with E-state index in [2.05, 4.69) is 0 Å². The van der Waals surface area contributed by atoms with E-state index in [4.69, 9.17) is 11.6 Å². The second kappa shape index (κ2) is 8.60. The van der Waals surface area contributed by atoms with Gasteiger partial charge in [0.25, 0.3) is 0 Å². The quantitative estimate of drug-likeness (QED) is 0.285. The van der Waals surface area contributed by atoms with Crippen molar-refractivity contribution in [2.45, 2.75) is 25.1 Å². The van der Waals surface area contributed by atoms with Crippen molar-refractivity contribution in [1.29, 1.82) is 0 Å². The van der Waals surface area contributed by atoms with E-state index in [1.807, 2.05) is 6.92 Å². The van der Waals surface area contributed by atoms with Crippen LogP contribution in [0.2, 0.25) is 0 Å². The van der Waals surface area contributed by atoms with Crippen LogP contribution in [-0.2, 0) is 4.79 Å². The van der Waals surface area contributed by atoms with Gasteiger partial charge in [-0.05, 0) is 6.42 Å². The van der Waals surface area contributed by atoms with Crippen LogP contribution < -0.4 is 51.4 Å². The summed E-state index contributed by atoms with van der Waals surface area (Å²) in [5.41, 5.74) is 0. The van der Waals surface area contributed by atoms with Crippen LogP contribution in [0.4, 0.5) is 0 Å². The predicted octanol–water partition coefficient (Wildman–Crippen LogP) is -1.29. The molecule has 0 heterocycles. The fraction of sp³-hybridized carbons (Fsp3) is 0.800. The van der Waals surface area contributed by atoms with Crippen molar-refractivity contribution >= 4 is 17.9 Å². The SMILES string of the molecule is CCCC(Cl)C=O.[H-].[K+]. The Morgan fingerprint density at radius 3 is 2.50 bits per heavy atom. The summed E-state index contributed by atoms with van der Waals surface area (Å²) in [5, 5.41) is -0.259. The molecule has 44 valence electrons. The fourth-order valence-corrected chi connectivity index (χ4v) is 0.562. The molecule has 1 atom stereocenters. The molecule has 0 saturated heterocycles. The molecule has 1 nitrogen and oxygen atoms in total. The third-order valence-electron chi connectivity index (χ3n) is 0.712. The van der Waals surface area contributed by atoms with Crippen molar-refractivity contribution in [3.63, 3.8) is 0 Å². The summed E-state index contributed by atoms with van der Waals surface area (Å²) in [6.45, 7) is 2.00. The number of aldehydes is 1. The normalized spacial score (nSPS) is 11.8. The third kappa shape index (κ3) is 7.60. The Balaban J connectivity index is -0.000000180. The molecule has 0 N–H and O–H groups in total. The molecule has 0 saturated carbocycles. The van der Waals surface area contributed by atoms with Gasteiger partial charge < -0.3 is 6.22 Å². The first-order chi connectivity index (χ1) is 3.31. The zero-order valence-corrected chi connectivity index (χ0v) is 9.23. The van der Waals surface area contributed by atoms with Crippen molar-refractivity contribution in [2.24, 2.45) is 0 Å². The Kier molecular flexibility index (Phi) is 13.2. The zero-order valence-electron chi connectivity index (χ0n) is 6.36. The van der Waals surface area contributed by atoms with Crippen LogP contribution in [0.1, 0.15) is 21.2 Å². The van der Waals surface area contributed by atoms with Crippen LogP contribution in [0.3, 0.4) is 0 Å². The summed E-state index contributed by atoms with van der Waals surface area (Å²) < 4.78 is 0. The molecule has 1 unspecified atom stereocenters. The maximum absolute atomic E-state index is 9.76. The third-order valence-corrected chi connectivity index (χ3v) is 1.03. The van der Waals surface area contributed by atoms with Crippen LogP contribution >= 0.6 is 11.6 Å². The van der Waals surface area contributed by atoms with Gasteiger partial charge in [0.2, 0.25) is 0 Å². The largest absolute Gasteiger partial charge is 1.00 e. The average molecular weight is 161 g/mol. The van der Waals surface area contributed by atoms with Gasteiger partial charge in [-0.25, -0.2) is 0 Å². The first-order valence-corrected chi connectivity index (χ1v) is 2.84. The number of halogens is 1. The molecule has 0 rings (SSSR count). The van der Waals surface area contributed by atoms with Crippen molar-refractivity contribution < 1.29 is 57.6 Å². The molecule has 8 heavy (non-hydrogen) atoms. The number of alkyl halides is 1. The number of carbonyl (C=O) groups excluding carboxylic acids is 1. The Morgan fingerprint density at radius 1 is 1.88 bits per heavy atom. The van der Waals surface area contributed by atoms with Gasteiger partial charge in [0.15, 0.2) is 0 Å². The molecule has 3 heteroatoms. The molecular weight excluding hydrogens is 151 g/mol. The summed E-state index contributed by atoms with van der Waals surface area (Å²) >= 11 is 5.40. The molecule has 0 aromatic heterocycles. The Hall–Kier alpha value is 1.60. The zero-order chi connectivity index (χ0) is 5.70. The second-order valence-corrected chi connectivity index (χ2v) is 2.00. The summed E-state index contributed by atoms with van der Waals surface area (Å²) in [5.74, 6) is 0. The van der Waals surface area contributed by atoms with Crippen LogP contribution in [0.25, 0.3) is 0 Å². The van der Waals surface area contributed by atoms with Crippen LogP contribution in [-0.4, -0.2) is 11.7 Å². The van der Waals surface area contributed by atoms with Gasteiger partial charge in [-0.2, -0.15) is 0 Å². The maximum Gasteiger partial charge on any atom is 1.00 e. The van der Waals surface area contributed by atoms with Gasteiger partial charge >= 0.3 is 51.4 Å². The first-order valence-electron chi connectivity index (χ1n) is 2.40. The molecular formula is C5H10ClKO. The van der Waals surface area contributed by atoms with Crippen molar-refractivity contribution in [2.75, 3.05) is 0 Å². The first kappa shape index (κ1) is 12.3. The van der Waals surface area contributed by atoms with E-state index in [9.17, 15) is 4.79 Å². The van der Waals surface area contributed by atoms with Gasteiger partial charge in [0.1, 0.15) is 6.29 Å². The smallest absolute Gasteiger partial charge is 1.00 e. The van der Waals surface area contributed by atoms with Crippen LogP contribution in [0, 0.1) is 0 Å². The number of rotatable bonds is 3. The molecule has 0 aliphatic carbocycles. The minimum atomic E-state index is -0.259. The Labute approximate surface area is 99.1 Å². The standard InChI is InChI=1S/C5H9ClO.K.H/c1-2-3-5(6)4-7;;/h4-5H,2-3H2,1H3;;/q;+1;-1. The van der Waals surface area contributed by atoms with Crippen molar-refractivity contribution in [3.8, 4) is 0 Å².